The molecule has 0 fully saturated rings. The fourth-order valence-electron chi connectivity index (χ4n) is 1.94. The maximum absolute atomic E-state index is 12.0. The van der Waals surface area contributed by atoms with Crippen LogP contribution in [-0.2, 0) is 0 Å². The van der Waals surface area contributed by atoms with Crippen molar-refractivity contribution in [3.63, 3.8) is 0 Å². The minimum absolute atomic E-state index is 0.0218. The molecule has 0 bridgehead atoms. The number of benzene rings is 1. The molecule has 0 aliphatic rings. The summed E-state index contributed by atoms with van der Waals surface area (Å²) in [5.74, 6) is -0.0218. The van der Waals surface area contributed by atoms with Gasteiger partial charge in [-0.2, -0.15) is 0 Å². The molecule has 0 radical (unpaired) electrons. The number of anilines is 1. The van der Waals surface area contributed by atoms with Gasteiger partial charge < -0.3 is 10.8 Å². The second kappa shape index (κ2) is 6.89. The van der Waals surface area contributed by atoms with Crippen molar-refractivity contribution in [2.75, 3.05) is 25.9 Å². The molecule has 0 spiro atoms. The number of likely N-dealkylation sites (N-methyl/N-ethyl adjacent to an activating group) is 1. The molecule has 1 aromatic rings. The van der Waals surface area contributed by atoms with Crippen LogP contribution in [0.1, 0.15) is 30.1 Å². The summed E-state index contributed by atoms with van der Waals surface area (Å²) < 4.78 is 0. The van der Waals surface area contributed by atoms with Gasteiger partial charge in [-0.1, -0.05) is 24.9 Å². The Kier molecular flexibility index (Phi) is 5.79. The van der Waals surface area contributed by atoms with Crippen molar-refractivity contribution >= 4 is 23.1 Å². The molecule has 0 amide bonds. The standard InChI is InChI=1S/C14H21ClN2O2/c1-3-8-14(15,19)10-17(2)9-13(18)11-4-6-12(16)7-5-11/h4-7,19H,3,8-10,16H2,1-2H3. The van der Waals surface area contributed by atoms with Gasteiger partial charge in [0.15, 0.2) is 10.8 Å². The van der Waals surface area contributed by atoms with Crippen molar-refractivity contribution < 1.29 is 9.90 Å². The van der Waals surface area contributed by atoms with Crippen LogP contribution in [-0.4, -0.2) is 41.0 Å². The predicted molar refractivity (Wildman–Crippen MR) is 78.4 cm³/mol. The number of rotatable bonds is 7. The molecule has 0 aliphatic carbocycles. The van der Waals surface area contributed by atoms with Crippen molar-refractivity contribution in [2.45, 2.75) is 24.8 Å². The first-order valence-corrected chi connectivity index (χ1v) is 6.70. The first-order valence-electron chi connectivity index (χ1n) is 6.32. The zero-order valence-corrected chi connectivity index (χ0v) is 12.2. The Bertz CT molecular complexity index is 418. The second-order valence-electron chi connectivity index (χ2n) is 4.89. The van der Waals surface area contributed by atoms with Crippen LogP contribution in [0.5, 0.6) is 0 Å². The third kappa shape index (κ3) is 5.59. The van der Waals surface area contributed by atoms with E-state index < -0.39 is 5.06 Å². The van der Waals surface area contributed by atoms with E-state index in [1.165, 1.54) is 0 Å². The SMILES string of the molecule is CCCC(O)(Cl)CN(C)CC(=O)c1ccc(N)cc1. The van der Waals surface area contributed by atoms with E-state index >= 15 is 0 Å². The van der Waals surface area contributed by atoms with Crippen LogP contribution in [0.15, 0.2) is 24.3 Å². The lowest BCUT2D eigenvalue weighted by Gasteiger charge is -2.26. The summed E-state index contributed by atoms with van der Waals surface area (Å²) in [6, 6.07) is 6.79. The highest BCUT2D eigenvalue weighted by Crippen LogP contribution is 2.19. The molecular weight excluding hydrogens is 264 g/mol. The van der Waals surface area contributed by atoms with Crippen molar-refractivity contribution in [2.24, 2.45) is 0 Å². The van der Waals surface area contributed by atoms with E-state index in [0.29, 0.717) is 17.7 Å². The lowest BCUT2D eigenvalue weighted by atomic mass is 10.1. The second-order valence-corrected chi connectivity index (χ2v) is 5.59. The number of nitrogens with two attached hydrogens (primary N) is 1. The van der Waals surface area contributed by atoms with E-state index in [9.17, 15) is 9.90 Å². The maximum Gasteiger partial charge on any atom is 0.176 e. The number of ketones is 1. The molecule has 1 unspecified atom stereocenters. The highest BCUT2D eigenvalue weighted by atomic mass is 35.5. The summed E-state index contributed by atoms with van der Waals surface area (Å²) in [4.78, 5) is 13.7. The van der Waals surface area contributed by atoms with Gasteiger partial charge in [0.1, 0.15) is 0 Å². The van der Waals surface area contributed by atoms with Crippen LogP contribution in [0, 0.1) is 0 Å². The number of hydrogen-bond acceptors (Lipinski definition) is 4. The van der Waals surface area contributed by atoms with Gasteiger partial charge in [-0.25, -0.2) is 0 Å². The predicted octanol–water partition coefficient (Wildman–Crippen LogP) is 2.11. The Hall–Kier alpha value is -1.10. The third-order valence-corrected chi connectivity index (χ3v) is 3.10. The van der Waals surface area contributed by atoms with E-state index in [4.69, 9.17) is 17.3 Å². The Balaban J connectivity index is 2.54. The quantitative estimate of drug-likeness (QED) is 0.457. The Labute approximate surface area is 119 Å². The number of alkyl halides is 1. The van der Waals surface area contributed by atoms with Crippen LogP contribution in [0.4, 0.5) is 5.69 Å². The Morgan fingerprint density at radius 2 is 2.00 bits per heavy atom. The highest BCUT2D eigenvalue weighted by Gasteiger charge is 2.25. The maximum atomic E-state index is 12.0. The van der Waals surface area contributed by atoms with Gasteiger partial charge in [0, 0.05) is 17.8 Å². The van der Waals surface area contributed by atoms with Gasteiger partial charge in [-0.3, -0.25) is 9.69 Å². The van der Waals surface area contributed by atoms with Crippen LogP contribution in [0.2, 0.25) is 0 Å². The number of halogens is 1. The van der Waals surface area contributed by atoms with E-state index in [1.54, 1.807) is 36.2 Å². The van der Waals surface area contributed by atoms with Crippen molar-refractivity contribution in [1.82, 2.24) is 4.90 Å². The molecule has 0 aliphatic heterocycles. The molecule has 1 aromatic carbocycles. The fraction of sp³-hybridized carbons (Fsp3) is 0.500. The number of nitrogen functional groups attached to an aromatic ring is 1. The van der Waals surface area contributed by atoms with Gasteiger partial charge in [-0.15, -0.1) is 0 Å². The smallest absolute Gasteiger partial charge is 0.176 e. The number of nitrogens with zero attached hydrogens (tertiary/aromatic N) is 1. The lowest BCUT2D eigenvalue weighted by molar-refractivity contribution is 0.0708. The monoisotopic (exact) mass is 284 g/mol. The summed E-state index contributed by atoms with van der Waals surface area (Å²) in [7, 11) is 1.76. The normalized spacial score (nSPS) is 14.4. The largest absolute Gasteiger partial charge is 0.399 e. The van der Waals surface area contributed by atoms with Gasteiger partial charge in [-0.05, 0) is 37.7 Å². The zero-order chi connectivity index (χ0) is 14.5. The average Bonchev–Trinajstić information content (AvgIpc) is 2.28. The van der Waals surface area contributed by atoms with E-state index in [2.05, 4.69) is 0 Å². The molecule has 106 valence electrons. The topological polar surface area (TPSA) is 66.6 Å². The number of hydrogen-bond donors (Lipinski definition) is 2. The van der Waals surface area contributed by atoms with Crippen molar-refractivity contribution in [1.29, 1.82) is 0 Å². The number of Topliss-reactive ketones (excluding diaryl/α,β-unsaturated/α-hetero) is 1. The van der Waals surface area contributed by atoms with Crippen LogP contribution in [0.3, 0.4) is 0 Å². The molecule has 19 heavy (non-hydrogen) atoms. The lowest BCUT2D eigenvalue weighted by Crippen LogP contribution is -2.39. The average molecular weight is 285 g/mol. The zero-order valence-electron chi connectivity index (χ0n) is 11.4. The van der Waals surface area contributed by atoms with Crippen LogP contribution >= 0.6 is 11.6 Å². The first-order chi connectivity index (χ1) is 8.84. The van der Waals surface area contributed by atoms with Crippen LogP contribution < -0.4 is 5.73 Å². The number of carbonyl (C=O) groups excluding carboxylic acids is 1. The van der Waals surface area contributed by atoms with Crippen LogP contribution in [0.25, 0.3) is 0 Å². The molecule has 5 heteroatoms. The summed E-state index contributed by atoms with van der Waals surface area (Å²) >= 11 is 5.97. The van der Waals surface area contributed by atoms with Gasteiger partial charge in [0.05, 0.1) is 6.54 Å². The summed E-state index contributed by atoms with van der Waals surface area (Å²) in [6.45, 7) is 2.42. The molecule has 1 atom stereocenters. The Morgan fingerprint density at radius 3 is 2.53 bits per heavy atom. The van der Waals surface area contributed by atoms with Gasteiger partial charge in [0.2, 0.25) is 0 Å². The highest BCUT2D eigenvalue weighted by molar-refractivity contribution is 6.22. The molecule has 4 nitrogen and oxygen atoms in total. The molecular formula is C14H21ClN2O2. The van der Waals surface area contributed by atoms with Gasteiger partial charge >= 0.3 is 0 Å². The van der Waals surface area contributed by atoms with Gasteiger partial charge in [0.25, 0.3) is 0 Å². The summed E-state index contributed by atoms with van der Waals surface area (Å²) in [5.41, 5.74) is 6.81. The van der Waals surface area contributed by atoms with Crippen molar-refractivity contribution in [3.8, 4) is 0 Å². The summed E-state index contributed by atoms with van der Waals surface area (Å²) in [6.07, 6.45) is 1.29. The minimum atomic E-state index is -1.27. The van der Waals surface area contributed by atoms with Crippen molar-refractivity contribution in [3.05, 3.63) is 29.8 Å². The van der Waals surface area contributed by atoms with E-state index in [0.717, 1.165) is 6.42 Å². The molecule has 3 N–H and O–H groups in total. The number of aliphatic hydroxyl groups is 1. The first kappa shape index (κ1) is 16.0. The summed E-state index contributed by atoms with van der Waals surface area (Å²) in [5, 5.41) is 8.63. The third-order valence-electron chi connectivity index (χ3n) is 2.79. The molecule has 0 heterocycles. The molecule has 0 saturated carbocycles. The Morgan fingerprint density at radius 1 is 1.42 bits per heavy atom. The molecule has 0 aromatic heterocycles. The van der Waals surface area contributed by atoms with E-state index in [1.807, 2.05) is 6.92 Å². The molecule has 1 rings (SSSR count). The number of carbonyl (C=O) groups is 1. The fourth-order valence-corrected chi connectivity index (χ4v) is 2.33. The van der Waals surface area contributed by atoms with E-state index in [-0.39, 0.29) is 18.9 Å². The molecule has 0 saturated heterocycles. The minimum Gasteiger partial charge on any atom is -0.399 e.